The summed E-state index contributed by atoms with van der Waals surface area (Å²) in [6, 6.07) is 14.1. The van der Waals surface area contributed by atoms with Crippen LogP contribution in [0, 0.1) is 6.92 Å². The second kappa shape index (κ2) is 7.72. The van der Waals surface area contributed by atoms with E-state index in [4.69, 9.17) is 9.47 Å². The van der Waals surface area contributed by atoms with Gasteiger partial charge < -0.3 is 14.8 Å². The third-order valence-electron chi connectivity index (χ3n) is 4.78. The fourth-order valence-corrected chi connectivity index (χ4v) is 4.55. The van der Waals surface area contributed by atoms with Crippen molar-refractivity contribution in [3.63, 3.8) is 0 Å². The van der Waals surface area contributed by atoms with Gasteiger partial charge in [-0.25, -0.2) is 0 Å². The molecule has 1 N–H and O–H groups in total. The summed E-state index contributed by atoms with van der Waals surface area (Å²) in [6.45, 7) is 3.36. The molecule has 0 aromatic heterocycles. The summed E-state index contributed by atoms with van der Waals surface area (Å²) in [7, 11) is 0. The summed E-state index contributed by atoms with van der Waals surface area (Å²) in [5, 5.41) is 2.97. The minimum absolute atomic E-state index is 0.0250. The summed E-state index contributed by atoms with van der Waals surface area (Å²) in [5.74, 6) is 0.742. The molecule has 1 fully saturated rings. The molecule has 1 saturated heterocycles. The van der Waals surface area contributed by atoms with Gasteiger partial charge in [-0.1, -0.05) is 24.3 Å². The Balaban J connectivity index is 1.43. The fraction of sp³-hybridized carbons (Fsp3) is 0.381. The third kappa shape index (κ3) is 3.89. The fourth-order valence-electron chi connectivity index (χ4n) is 3.35. The van der Waals surface area contributed by atoms with Crippen LogP contribution in [0.15, 0.2) is 47.4 Å². The number of anilines is 1. The van der Waals surface area contributed by atoms with E-state index in [1.54, 1.807) is 11.8 Å². The normalized spacial score (nSPS) is 21.4. The molecule has 2 aliphatic rings. The molecule has 0 bridgehead atoms. The maximum absolute atomic E-state index is 12.8. The molecule has 0 aliphatic carbocycles. The quantitative estimate of drug-likeness (QED) is 0.858. The number of benzene rings is 2. The van der Waals surface area contributed by atoms with Crippen LogP contribution in [0.3, 0.4) is 0 Å². The van der Waals surface area contributed by atoms with Crippen molar-refractivity contribution in [3.05, 3.63) is 53.6 Å². The number of hydrogen-bond donors (Lipinski definition) is 1. The zero-order valence-corrected chi connectivity index (χ0v) is 15.7. The van der Waals surface area contributed by atoms with Gasteiger partial charge in [0, 0.05) is 11.5 Å². The molecule has 0 saturated carbocycles. The molecule has 1 amide bonds. The number of fused-ring (bicyclic) bond motifs is 1. The largest absolute Gasteiger partial charge is 0.489 e. The van der Waals surface area contributed by atoms with Crippen LogP contribution in [-0.4, -0.2) is 30.5 Å². The minimum atomic E-state index is -0.0975. The second-order valence-electron chi connectivity index (χ2n) is 6.85. The minimum Gasteiger partial charge on any atom is -0.489 e. The first-order valence-electron chi connectivity index (χ1n) is 9.09. The Morgan fingerprint density at radius 1 is 1.31 bits per heavy atom. The summed E-state index contributed by atoms with van der Waals surface area (Å²) in [5.41, 5.74) is 3.08. The van der Waals surface area contributed by atoms with E-state index in [-0.39, 0.29) is 17.3 Å². The second-order valence-corrected chi connectivity index (χ2v) is 8.10. The van der Waals surface area contributed by atoms with E-state index in [1.165, 1.54) is 10.5 Å². The maximum atomic E-state index is 12.8. The molecular weight excluding hydrogens is 346 g/mol. The standard InChI is InChI=1S/C21H23NO3S/c1-14-8-9-17(18(11-14)25-13-16-6-4-10-24-16)22-21(23)20-12-15-5-2-3-7-19(15)26-20/h2-3,5,7-9,11,16,20H,4,6,10,12-13H2,1H3,(H,22,23). The molecule has 0 spiro atoms. The van der Waals surface area contributed by atoms with Crippen molar-refractivity contribution in [2.45, 2.75) is 42.4 Å². The van der Waals surface area contributed by atoms with Gasteiger partial charge in [-0.3, -0.25) is 4.79 Å². The number of carbonyl (C=O) groups is 1. The van der Waals surface area contributed by atoms with E-state index >= 15 is 0 Å². The number of ether oxygens (including phenoxy) is 2. The Morgan fingerprint density at radius 3 is 3.00 bits per heavy atom. The molecule has 2 heterocycles. The summed E-state index contributed by atoms with van der Waals surface area (Å²) in [4.78, 5) is 14.0. The van der Waals surface area contributed by atoms with E-state index in [2.05, 4.69) is 17.4 Å². The lowest BCUT2D eigenvalue weighted by molar-refractivity contribution is -0.115. The van der Waals surface area contributed by atoms with Crippen LogP contribution in [-0.2, 0) is 16.0 Å². The van der Waals surface area contributed by atoms with Gasteiger partial charge in [0.05, 0.1) is 17.0 Å². The smallest absolute Gasteiger partial charge is 0.238 e. The molecular formula is C21H23NO3S. The van der Waals surface area contributed by atoms with Crippen LogP contribution in [0.1, 0.15) is 24.0 Å². The molecule has 2 aromatic rings. The zero-order valence-electron chi connectivity index (χ0n) is 14.9. The number of hydrogen-bond acceptors (Lipinski definition) is 4. The SMILES string of the molecule is Cc1ccc(NC(=O)C2Cc3ccccc3S2)c(OCC2CCCO2)c1. The number of amides is 1. The Labute approximate surface area is 158 Å². The van der Waals surface area contributed by atoms with E-state index in [9.17, 15) is 4.79 Å². The van der Waals surface area contributed by atoms with Crippen molar-refractivity contribution in [2.24, 2.45) is 0 Å². The highest BCUT2D eigenvalue weighted by atomic mass is 32.2. The van der Waals surface area contributed by atoms with Crippen LogP contribution in [0.5, 0.6) is 5.75 Å². The summed E-state index contributed by atoms with van der Waals surface area (Å²) < 4.78 is 11.6. The van der Waals surface area contributed by atoms with Crippen LogP contribution in [0.25, 0.3) is 0 Å². The molecule has 2 unspecified atom stereocenters. The van der Waals surface area contributed by atoms with Gasteiger partial charge in [0.25, 0.3) is 0 Å². The van der Waals surface area contributed by atoms with E-state index in [1.807, 2.05) is 37.3 Å². The molecule has 2 aliphatic heterocycles. The van der Waals surface area contributed by atoms with E-state index in [0.29, 0.717) is 6.61 Å². The Bertz CT molecular complexity index is 777. The van der Waals surface area contributed by atoms with Crippen LogP contribution < -0.4 is 10.1 Å². The van der Waals surface area contributed by atoms with Gasteiger partial charge >= 0.3 is 0 Å². The zero-order chi connectivity index (χ0) is 17.9. The third-order valence-corrected chi connectivity index (χ3v) is 6.10. The summed E-state index contributed by atoms with van der Waals surface area (Å²) >= 11 is 1.63. The molecule has 4 nitrogen and oxygen atoms in total. The van der Waals surface area contributed by atoms with E-state index in [0.717, 1.165) is 42.9 Å². The number of nitrogens with one attached hydrogen (secondary N) is 1. The molecule has 136 valence electrons. The average molecular weight is 369 g/mol. The van der Waals surface area contributed by atoms with Crippen LogP contribution >= 0.6 is 11.8 Å². The Morgan fingerprint density at radius 2 is 2.19 bits per heavy atom. The van der Waals surface area contributed by atoms with Crippen LogP contribution in [0.4, 0.5) is 5.69 Å². The van der Waals surface area contributed by atoms with Gasteiger partial charge in [0.2, 0.25) is 5.91 Å². The first-order valence-corrected chi connectivity index (χ1v) is 9.97. The molecule has 2 aromatic carbocycles. The van der Waals surface area contributed by atoms with Crippen molar-refractivity contribution in [1.29, 1.82) is 0 Å². The van der Waals surface area contributed by atoms with E-state index < -0.39 is 0 Å². The topological polar surface area (TPSA) is 47.6 Å². The van der Waals surface area contributed by atoms with Crippen molar-refractivity contribution in [2.75, 3.05) is 18.5 Å². The highest BCUT2D eigenvalue weighted by Gasteiger charge is 2.28. The van der Waals surface area contributed by atoms with Crippen molar-refractivity contribution >= 4 is 23.4 Å². The lowest BCUT2D eigenvalue weighted by Crippen LogP contribution is -2.25. The van der Waals surface area contributed by atoms with Gasteiger partial charge in [-0.15, -0.1) is 11.8 Å². The van der Waals surface area contributed by atoms with Gasteiger partial charge in [0.15, 0.2) is 0 Å². The first kappa shape index (κ1) is 17.4. The molecule has 2 atom stereocenters. The number of rotatable bonds is 5. The average Bonchev–Trinajstić information content (AvgIpc) is 3.31. The Hall–Kier alpha value is -1.98. The summed E-state index contributed by atoms with van der Waals surface area (Å²) in [6.07, 6.45) is 3.04. The van der Waals surface area contributed by atoms with Crippen molar-refractivity contribution in [3.8, 4) is 5.75 Å². The lowest BCUT2D eigenvalue weighted by Gasteiger charge is -2.17. The van der Waals surface area contributed by atoms with Crippen molar-refractivity contribution in [1.82, 2.24) is 0 Å². The molecule has 26 heavy (non-hydrogen) atoms. The first-order chi connectivity index (χ1) is 12.7. The molecule has 5 heteroatoms. The van der Waals surface area contributed by atoms with Gasteiger partial charge in [-0.2, -0.15) is 0 Å². The van der Waals surface area contributed by atoms with Crippen molar-refractivity contribution < 1.29 is 14.3 Å². The number of carbonyl (C=O) groups excluding carboxylic acids is 1. The van der Waals surface area contributed by atoms with Crippen LogP contribution in [0.2, 0.25) is 0 Å². The Kier molecular flexibility index (Phi) is 5.18. The highest BCUT2D eigenvalue weighted by Crippen LogP contribution is 2.38. The number of aryl methyl sites for hydroxylation is 1. The highest BCUT2D eigenvalue weighted by molar-refractivity contribution is 8.01. The van der Waals surface area contributed by atoms with Gasteiger partial charge in [0.1, 0.15) is 12.4 Å². The predicted octanol–water partition coefficient (Wildman–Crippen LogP) is 4.21. The maximum Gasteiger partial charge on any atom is 0.238 e. The monoisotopic (exact) mass is 369 g/mol. The molecule has 0 radical (unpaired) electrons. The van der Waals surface area contributed by atoms with Gasteiger partial charge in [-0.05, 0) is 55.5 Å². The lowest BCUT2D eigenvalue weighted by atomic mass is 10.1. The molecule has 4 rings (SSSR count). The predicted molar refractivity (Wildman–Crippen MR) is 104 cm³/mol. The number of thioether (sulfide) groups is 1.